The van der Waals surface area contributed by atoms with Gasteiger partial charge in [0.15, 0.2) is 18.9 Å². The molecule has 3 nitrogen and oxygen atoms in total. The van der Waals surface area contributed by atoms with E-state index in [1.165, 1.54) is 18.2 Å². The number of anilines is 1. The molecule has 2 rings (SSSR count). The maximum absolute atomic E-state index is 12.8. The SMILES string of the molecule is Cc1cc[n+](CCC(=O)Nc2ccccc2C(F)(F)F)cc1.[Br-]. The second-order valence-electron chi connectivity index (χ2n) is 4.95. The number of nitrogens with zero attached hydrogens (tertiary/aromatic N) is 1. The second-order valence-corrected chi connectivity index (χ2v) is 4.95. The van der Waals surface area contributed by atoms with Crippen molar-refractivity contribution in [3.8, 4) is 0 Å². The molecule has 0 radical (unpaired) electrons. The number of halogens is 4. The Morgan fingerprint density at radius 2 is 1.74 bits per heavy atom. The summed E-state index contributed by atoms with van der Waals surface area (Å²) in [6.45, 7) is 2.35. The van der Waals surface area contributed by atoms with Crippen LogP contribution in [0.1, 0.15) is 17.5 Å². The maximum Gasteiger partial charge on any atom is 0.418 e. The first-order valence-electron chi connectivity index (χ1n) is 6.78. The Labute approximate surface area is 142 Å². The van der Waals surface area contributed by atoms with Gasteiger partial charge in [-0.3, -0.25) is 4.79 Å². The van der Waals surface area contributed by atoms with Crippen LogP contribution in [-0.4, -0.2) is 5.91 Å². The number of rotatable bonds is 4. The molecular weight excluding hydrogens is 373 g/mol. The number of carbonyl (C=O) groups is 1. The van der Waals surface area contributed by atoms with Gasteiger partial charge in [0.25, 0.3) is 0 Å². The lowest BCUT2D eigenvalue weighted by atomic mass is 10.1. The molecule has 0 atom stereocenters. The Morgan fingerprint density at radius 3 is 2.35 bits per heavy atom. The summed E-state index contributed by atoms with van der Waals surface area (Å²) in [5, 5.41) is 2.33. The number of hydrogen-bond donors (Lipinski definition) is 1. The summed E-state index contributed by atoms with van der Waals surface area (Å²) in [7, 11) is 0. The van der Waals surface area contributed by atoms with Gasteiger partial charge >= 0.3 is 6.18 Å². The number of nitrogens with one attached hydrogen (secondary N) is 1. The summed E-state index contributed by atoms with van der Waals surface area (Å²) in [5.41, 5.74) is 0.0417. The van der Waals surface area contributed by atoms with E-state index in [4.69, 9.17) is 0 Å². The minimum absolute atomic E-state index is 0. The van der Waals surface area contributed by atoms with Crippen LogP contribution < -0.4 is 26.9 Å². The predicted octanol–water partition coefficient (Wildman–Crippen LogP) is 0.334. The minimum Gasteiger partial charge on any atom is -1.00 e. The summed E-state index contributed by atoms with van der Waals surface area (Å²) < 4.78 is 40.3. The highest BCUT2D eigenvalue weighted by molar-refractivity contribution is 5.91. The van der Waals surface area contributed by atoms with Gasteiger partial charge in [0.2, 0.25) is 5.91 Å². The van der Waals surface area contributed by atoms with E-state index in [1.54, 1.807) is 0 Å². The predicted molar refractivity (Wildman–Crippen MR) is 76.1 cm³/mol. The zero-order valence-electron chi connectivity index (χ0n) is 12.4. The highest BCUT2D eigenvalue weighted by atomic mass is 79.9. The molecule has 0 bridgehead atoms. The monoisotopic (exact) mass is 388 g/mol. The maximum atomic E-state index is 12.8. The van der Waals surface area contributed by atoms with Crippen LogP contribution in [0.3, 0.4) is 0 Å². The zero-order chi connectivity index (χ0) is 16.2. The van der Waals surface area contributed by atoms with Crippen LogP contribution >= 0.6 is 0 Å². The molecular formula is C16H16BrF3N2O. The molecule has 124 valence electrons. The first kappa shape index (κ1) is 19.2. The summed E-state index contributed by atoms with van der Waals surface area (Å²) in [5.74, 6) is -0.454. The molecule has 1 aromatic heterocycles. The normalized spacial score (nSPS) is 10.8. The molecule has 0 aliphatic heterocycles. The number of amides is 1. The van der Waals surface area contributed by atoms with Gasteiger partial charge in [0.1, 0.15) is 0 Å². The molecule has 0 aliphatic carbocycles. The third-order valence-electron chi connectivity index (χ3n) is 3.16. The molecule has 0 saturated carbocycles. The van der Waals surface area contributed by atoms with Gasteiger partial charge in [0, 0.05) is 12.1 Å². The number of hydrogen-bond acceptors (Lipinski definition) is 1. The van der Waals surface area contributed by atoms with Crippen LogP contribution in [0.5, 0.6) is 0 Å². The van der Waals surface area contributed by atoms with Crippen molar-refractivity contribution in [1.29, 1.82) is 0 Å². The third kappa shape index (κ3) is 5.67. The van der Waals surface area contributed by atoms with Gasteiger partial charge in [-0.25, -0.2) is 4.57 Å². The molecule has 7 heteroatoms. The van der Waals surface area contributed by atoms with Crippen molar-refractivity contribution >= 4 is 11.6 Å². The quantitative estimate of drug-likeness (QED) is 0.752. The van der Waals surface area contributed by atoms with Gasteiger partial charge < -0.3 is 22.3 Å². The van der Waals surface area contributed by atoms with Crippen molar-refractivity contribution < 1.29 is 39.5 Å². The fourth-order valence-corrected chi connectivity index (χ4v) is 1.96. The van der Waals surface area contributed by atoms with E-state index < -0.39 is 17.6 Å². The molecule has 0 unspecified atom stereocenters. The highest BCUT2D eigenvalue weighted by Gasteiger charge is 2.33. The highest BCUT2D eigenvalue weighted by Crippen LogP contribution is 2.34. The number of benzene rings is 1. The van der Waals surface area contributed by atoms with Crippen molar-refractivity contribution in [2.45, 2.75) is 26.1 Å². The van der Waals surface area contributed by atoms with Crippen molar-refractivity contribution in [3.05, 3.63) is 59.9 Å². The molecule has 0 aliphatic rings. The van der Waals surface area contributed by atoms with Crippen LogP contribution in [0.4, 0.5) is 18.9 Å². The lowest BCUT2D eigenvalue weighted by Crippen LogP contribution is -3.00. The topological polar surface area (TPSA) is 33.0 Å². The average molecular weight is 389 g/mol. The Bertz CT molecular complexity index is 657. The number of para-hydroxylation sites is 1. The van der Waals surface area contributed by atoms with E-state index in [9.17, 15) is 18.0 Å². The minimum atomic E-state index is -4.49. The van der Waals surface area contributed by atoms with Gasteiger partial charge in [-0.15, -0.1) is 0 Å². The summed E-state index contributed by atoms with van der Waals surface area (Å²) in [6, 6.07) is 8.75. The summed E-state index contributed by atoms with van der Waals surface area (Å²) in [6.07, 6.45) is -0.742. The Morgan fingerprint density at radius 1 is 1.13 bits per heavy atom. The Hall–Kier alpha value is -1.89. The standard InChI is InChI=1S/C16H15F3N2O.BrH/c1-12-6-9-21(10-7-12)11-8-15(22)20-14-5-3-2-4-13(14)16(17,18)19;/h2-7,9-10H,8,11H2,1H3;1H. The van der Waals surface area contributed by atoms with E-state index in [-0.39, 0.29) is 29.1 Å². The fourth-order valence-electron chi connectivity index (χ4n) is 1.96. The average Bonchev–Trinajstić information content (AvgIpc) is 2.46. The molecule has 1 heterocycles. The molecule has 2 aromatic rings. The molecule has 0 fully saturated rings. The van der Waals surface area contributed by atoms with Crippen LogP contribution in [0, 0.1) is 6.92 Å². The van der Waals surface area contributed by atoms with Crippen molar-refractivity contribution in [1.82, 2.24) is 0 Å². The molecule has 0 spiro atoms. The summed E-state index contributed by atoms with van der Waals surface area (Å²) >= 11 is 0. The smallest absolute Gasteiger partial charge is 0.418 e. The lowest BCUT2D eigenvalue weighted by molar-refractivity contribution is -0.695. The van der Waals surface area contributed by atoms with Crippen LogP contribution in [0.2, 0.25) is 0 Å². The van der Waals surface area contributed by atoms with Crippen LogP contribution in [-0.2, 0) is 17.5 Å². The van der Waals surface area contributed by atoms with Gasteiger partial charge in [0.05, 0.1) is 17.7 Å². The number of alkyl halides is 3. The first-order chi connectivity index (χ1) is 10.4. The van der Waals surface area contributed by atoms with E-state index in [1.807, 2.05) is 36.0 Å². The lowest BCUT2D eigenvalue weighted by Gasteiger charge is -2.13. The van der Waals surface area contributed by atoms with Crippen molar-refractivity contribution in [2.75, 3.05) is 5.32 Å². The first-order valence-corrected chi connectivity index (χ1v) is 6.78. The van der Waals surface area contributed by atoms with Crippen LogP contribution in [0.15, 0.2) is 48.8 Å². The van der Waals surface area contributed by atoms with E-state index in [2.05, 4.69) is 5.32 Å². The zero-order valence-corrected chi connectivity index (χ0v) is 14.0. The largest absolute Gasteiger partial charge is 1.00 e. The number of pyridine rings is 1. The molecule has 23 heavy (non-hydrogen) atoms. The molecule has 1 aromatic carbocycles. The number of aryl methyl sites for hydroxylation is 2. The van der Waals surface area contributed by atoms with E-state index in [0.717, 1.165) is 11.6 Å². The van der Waals surface area contributed by atoms with E-state index >= 15 is 0 Å². The van der Waals surface area contributed by atoms with Gasteiger partial charge in [-0.1, -0.05) is 12.1 Å². The Kier molecular flexibility index (Phi) is 6.75. The summed E-state index contributed by atoms with van der Waals surface area (Å²) in [4.78, 5) is 11.8. The number of aromatic nitrogens is 1. The van der Waals surface area contributed by atoms with Gasteiger partial charge in [-0.05, 0) is 24.6 Å². The molecule has 0 saturated heterocycles. The molecule has 1 N–H and O–H groups in total. The fraction of sp³-hybridized carbons (Fsp3) is 0.250. The Balaban J connectivity index is 0.00000264. The van der Waals surface area contributed by atoms with Gasteiger partial charge in [-0.2, -0.15) is 13.2 Å². The third-order valence-corrected chi connectivity index (χ3v) is 3.16. The van der Waals surface area contributed by atoms with Crippen molar-refractivity contribution in [2.24, 2.45) is 0 Å². The van der Waals surface area contributed by atoms with E-state index in [0.29, 0.717) is 6.54 Å². The second kappa shape index (κ2) is 8.10. The molecule has 1 amide bonds. The number of carbonyl (C=O) groups excluding carboxylic acids is 1. The van der Waals surface area contributed by atoms with Crippen LogP contribution in [0.25, 0.3) is 0 Å². The van der Waals surface area contributed by atoms with Crippen molar-refractivity contribution in [3.63, 3.8) is 0 Å².